The Balaban J connectivity index is 2.31. The van der Waals surface area contributed by atoms with Crippen LogP contribution < -0.4 is 5.32 Å². The molecule has 2 aromatic rings. The Kier molecular flexibility index (Phi) is 4.56. The first-order valence-electron chi connectivity index (χ1n) is 6.61. The van der Waals surface area contributed by atoms with Crippen molar-refractivity contribution in [3.8, 4) is 0 Å². The molecule has 0 aliphatic carbocycles. The van der Waals surface area contributed by atoms with Crippen molar-refractivity contribution in [1.29, 1.82) is 0 Å². The lowest BCUT2D eigenvalue weighted by atomic mass is 10.1. The van der Waals surface area contributed by atoms with Crippen molar-refractivity contribution in [2.45, 2.75) is 20.8 Å². The Bertz CT molecular complexity index is 749. The zero-order chi connectivity index (χ0) is 16.4. The van der Waals surface area contributed by atoms with Crippen LogP contribution in [0.5, 0.6) is 0 Å². The molecule has 0 saturated heterocycles. The van der Waals surface area contributed by atoms with Crippen LogP contribution in [-0.2, 0) is 4.74 Å². The quantitative estimate of drug-likeness (QED) is 0.871. The highest BCUT2D eigenvalue weighted by molar-refractivity contribution is 6.33. The van der Waals surface area contributed by atoms with Crippen LogP contribution in [0.15, 0.2) is 22.6 Å². The van der Waals surface area contributed by atoms with Gasteiger partial charge in [0.2, 0.25) is 0 Å². The molecular formula is C16H16ClNO4. The molecule has 0 radical (unpaired) electrons. The molecule has 0 aliphatic heterocycles. The smallest absolute Gasteiger partial charge is 0.339 e. The van der Waals surface area contributed by atoms with Crippen molar-refractivity contribution in [1.82, 2.24) is 0 Å². The molecule has 0 spiro atoms. The molecule has 0 unspecified atom stereocenters. The van der Waals surface area contributed by atoms with Gasteiger partial charge >= 0.3 is 5.97 Å². The number of furan rings is 1. The van der Waals surface area contributed by atoms with E-state index in [1.54, 1.807) is 19.9 Å². The molecule has 1 heterocycles. The Morgan fingerprint density at radius 1 is 1.18 bits per heavy atom. The number of methoxy groups -OCH3 is 1. The molecule has 2 rings (SSSR count). The zero-order valence-electron chi connectivity index (χ0n) is 12.7. The first kappa shape index (κ1) is 16.1. The first-order valence-corrected chi connectivity index (χ1v) is 6.98. The van der Waals surface area contributed by atoms with Crippen molar-refractivity contribution in [3.63, 3.8) is 0 Å². The molecular weight excluding hydrogens is 306 g/mol. The third-order valence-corrected chi connectivity index (χ3v) is 3.75. The largest absolute Gasteiger partial charge is 0.466 e. The number of hydrogen-bond donors (Lipinski definition) is 1. The van der Waals surface area contributed by atoms with E-state index in [2.05, 4.69) is 10.1 Å². The normalized spacial score (nSPS) is 10.4. The number of hydrogen-bond acceptors (Lipinski definition) is 4. The van der Waals surface area contributed by atoms with E-state index in [0.717, 1.165) is 5.56 Å². The van der Waals surface area contributed by atoms with Crippen molar-refractivity contribution in [2.75, 3.05) is 12.4 Å². The van der Waals surface area contributed by atoms with Gasteiger partial charge in [0.1, 0.15) is 11.5 Å². The minimum absolute atomic E-state index is 0.193. The molecule has 1 N–H and O–H groups in total. The lowest BCUT2D eigenvalue weighted by Gasteiger charge is -2.08. The van der Waals surface area contributed by atoms with E-state index in [0.29, 0.717) is 22.8 Å². The van der Waals surface area contributed by atoms with Gasteiger partial charge in [-0.3, -0.25) is 4.79 Å². The average Bonchev–Trinajstić information content (AvgIpc) is 2.73. The second-order valence-electron chi connectivity index (χ2n) is 4.85. The third kappa shape index (κ3) is 2.99. The van der Waals surface area contributed by atoms with Gasteiger partial charge in [-0.2, -0.15) is 0 Å². The molecule has 0 atom stereocenters. The van der Waals surface area contributed by atoms with Crippen LogP contribution in [0.2, 0.25) is 5.02 Å². The fourth-order valence-electron chi connectivity index (χ4n) is 2.19. The van der Waals surface area contributed by atoms with Crippen molar-refractivity contribution < 1.29 is 18.7 Å². The summed E-state index contributed by atoms with van der Waals surface area (Å²) < 4.78 is 10.1. The summed E-state index contributed by atoms with van der Waals surface area (Å²) in [7, 11) is 1.27. The molecule has 1 amide bonds. The highest BCUT2D eigenvalue weighted by Gasteiger charge is 2.19. The van der Waals surface area contributed by atoms with Crippen LogP contribution in [-0.4, -0.2) is 19.0 Å². The fraction of sp³-hybridized carbons (Fsp3) is 0.250. The van der Waals surface area contributed by atoms with Crippen molar-refractivity contribution in [3.05, 3.63) is 51.4 Å². The predicted octanol–water partition coefficient (Wildman–Crippen LogP) is 3.90. The van der Waals surface area contributed by atoms with E-state index in [9.17, 15) is 9.59 Å². The summed E-state index contributed by atoms with van der Waals surface area (Å²) in [6, 6.07) is 4.62. The monoisotopic (exact) mass is 321 g/mol. The highest BCUT2D eigenvalue weighted by atomic mass is 35.5. The number of halogens is 1. The number of carbonyl (C=O) groups excluding carboxylic acids is 2. The van der Waals surface area contributed by atoms with Crippen LogP contribution >= 0.6 is 11.6 Å². The van der Waals surface area contributed by atoms with E-state index >= 15 is 0 Å². The van der Waals surface area contributed by atoms with Crippen LogP contribution in [0.1, 0.15) is 37.8 Å². The maximum atomic E-state index is 12.4. The second kappa shape index (κ2) is 6.23. The summed E-state index contributed by atoms with van der Waals surface area (Å²) in [5, 5.41) is 2.99. The summed E-state index contributed by atoms with van der Waals surface area (Å²) in [5.41, 5.74) is 1.93. The van der Waals surface area contributed by atoms with Crippen LogP contribution in [0.4, 0.5) is 5.69 Å². The van der Waals surface area contributed by atoms with E-state index in [1.807, 2.05) is 6.92 Å². The van der Waals surface area contributed by atoms with Gasteiger partial charge < -0.3 is 14.5 Å². The van der Waals surface area contributed by atoms with Crippen LogP contribution in [0.3, 0.4) is 0 Å². The van der Waals surface area contributed by atoms with Crippen LogP contribution in [0.25, 0.3) is 0 Å². The van der Waals surface area contributed by atoms with Crippen LogP contribution in [0, 0.1) is 20.8 Å². The molecule has 0 fully saturated rings. The van der Waals surface area contributed by atoms with Gasteiger partial charge in [-0.1, -0.05) is 11.6 Å². The predicted molar refractivity (Wildman–Crippen MR) is 83.7 cm³/mol. The molecule has 22 heavy (non-hydrogen) atoms. The molecule has 6 heteroatoms. The van der Waals surface area contributed by atoms with Gasteiger partial charge in [-0.25, -0.2) is 4.79 Å². The summed E-state index contributed by atoms with van der Waals surface area (Å²) in [6.07, 6.45) is 0. The second-order valence-corrected chi connectivity index (χ2v) is 5.26. The van der Waals surface area contributed by atoms with Crippen molar-refractivity contribution >= 4 is 29.2 Å². The molecule has 1 aromatic carbocycles. The number of carbonyl (C=O) groups is 2. The highest BCUT2D eigenvalue weighted by Crippen LogP contribution is 2.24. The van der Waals surface area contributed by atoms with E-state index in [-0.39, 0.29) is 16.5 Å². The van der Waals surface area contributed by atoms with Gasteiger partial charge in [-0.15, -0.1) is 0 Å². The number of nitrogens with one attached hydrogen (secondary N) is 1. The maximum absolute atomic E-state index is 12.4. The number of amides is 1. The van der Waals surface area contributed by atoms with Gasteiger partial charge in [0, 0.05) is 11.3 Å². The lowest BCUT2D eigenvalue weighted by molar-refractivity contribution is 0.0600. The molecule has 0 aliphatic rings. The van der Waals surface area contributed by atoms with E-state index in [4.69, 9.17) is 16.0 Å². The Morgan fingerprint density at radius 2 is 1.86 bits per heavy atom. The van der Waals surface area contributed by atoms with Gasteiger partial charge in [-0.05, 0) is 39.0 Å². The average molecular weight is 322 g/mol. The summed E-state index contributed by atoms with van der Waals surface area (Å²) >= 11 is 5.95. The number of anilines is 1. The molecule has 0 saturated carbocycles. The molecule has 5 nitrogen and oxygen atoms in total. The Morgan fingerprint density at radius 3 is 2.41 bits per heavy atom. The molecule has 1 aromatic heterocycles. The fourth-order valence-corrected chi connectivity index (χ4v) is 2.39. The minimum atomic E-state index is -0.562. The number of ether oxygens (including phenoxy) is 1. The summed E-state index contributed by atoms with van der Waals surface area (Å²) in [5.74, 6) is 0.390. The number of rotatable bonds is 3. The van der Waals surface area contributed by atoms with Gasteiger partial charge in [0.15, 0.2) is 0 Å². The Hall–Kier alpha value is -2.27. The molecule has 0 bridgehead atoms. The van der Waals surface area contributed by atoms with Gasteiger partial charge in [0.05, 0.1) is 23.3 Å². The standard InChI is InChI=1S/C16H16ClNO4/c1-8-9(2)22-10(3)14(8)15(19)18-11-5-6-13(17)12(7-11)16(20)21-4/h5-7H,1-4H3,(H,18,19). The topological polar surface area (TPSA) is 68.5 Å². The SMILES string of the molecule is COC(=O)c1cc(NC(=O)c2c(C)oc(C)c2C)ccc1Cl. The maximum Gasteiger partial charge on any atom is 0.339 e. The van der Waals surface area contributed by atoms with Crippen molar-refractivity contribution in [2.24, 2.45) is 0 Å². The van der Waals surface area contributed by atoms with Gasteiger partial charge in [0.25, 0.3) is 5.91 Å². The zero-order valence-corrected chi connectivity index (χ0v) is 13.5. The first-order chi connectivity index (χ1) is 10.3. The summed E-state index contributed by atoms with van der Waals surface area (Å²) in [4.78, 5) is 24.0. The number of aryl methyl sites for hydroxylation is 2. The van der Waals surface area contributed by atoms with E-state index < -0.39 is 5.97 Å². The summed E-state index contributed by atoms with van der Waals surface area (Å²) in [6.45, 7) is 5.36. The lowest BCUT2D eigenvalue weighted by Crippen LogP contribution is -2.14. The number of esters is 1. The minimum Gasteiger partial charge on any atom is -0.466 e. The Labute approximate surface area is 133 Å². The van der Waals surface area contributed by atoms with E-state index in [1.165, 1.54) is 19.2 Å². The third-order valence-electron chi connectivity index (χ3n) is 3.42. The molecule has 116 valence electrons. The number of benzene rings is 1.